The molecular formula is C26H26N2O3. The van der Waals surface area contributed by atoms with Crippen molar-refractivity contribution in [1.29, 1.82) is 0 Å². The minimum Gasteiger partial charge on any atom is -0.458 e. The van der Waals surface area contributed by atoms with E-state index in [0.29, 0.717) is 17.0 Å². The first-order valence-electron chi connectivity index (χ1n) is 10.3. The number of rotatable bonds is 8. The molecule has 3 rings (SSSR count). The molecule has 0 aliphatic heterocycles. The fraction of sp³-hybridized carbons (Fsp3) is 0.154. The molecule has 31 heavy (non-hydrogen) atoms. The van der Waals surface area contributed by atoms with Crippen LogP contribution in [0.2, 0.25) is 0 Å². The Labute approximate surface area is 182 Å². The average molecular weight is 415 g/mol. The summed E-state index contributed by atoms with van der Waals surface area (Å²) in [5, 5.41) is 7.30. The molecular weight excluding hydrogens is 388 g/mol. The predicted octanol–water partition coefficient (Wildman–Crippen LogP) is 5.46. The molecule has 0 fully saturated rings. The Morgan fingerprint density at radius 3 is 2.45 bits per heavy atom. The quantitative estimate of drug-likeness (QED) is 0.380. The van der Waals surface area contributed by atoms with Crippen LogP contribution in [0.5, 0.6) is 5.75 Å². The molecule has 0 atom stereocenters. The Kier molecular flexibility index (Phi) is 7.60. The lowest BCUT2D eigenvalue weighted by Crippen LogP contribution is -2.32. The van der Waals surface area contributed by atoms with E-state index in [-0.39, 0.29) is 18.4 Å². The first kappa shape index (κ1) is 21.8. The van der Waals surface area contributed by atoms with E-state index in [1.165, 1.54) is 0 Å². The molecule has 0 aliphatic carbocycles. The summed E-state index contributed by atoms with van der Waals surface area (Å²) in [6, 6.07) is 20.3. The highest BCUT2D eigenvalue weighted by Gasteiger charge is 2.11. The maximum atomic E-state index is 12.6. The van der Waals surface area contributed by atoms with Crippen LogP contribution in [-0.4, -0.2) is 18.4 Å². The average Bonchev–Trinajstić information content (AvgIpc) is 2.79. The van der Waals surface area contributed by atoms with Crippen molar-refractivity contribution in [3.05, 3.63) is 96.3 Å². The van der Waals surface area contributed by atoms with Gasteiger partial charge in [0.2, 0.25) is 5.91 Å². The summed E-state index contributed by atoms with van der Waals surface area (Å²) in [4.78, 5) is 24.8. The Morgan fingerprint density at radius 1 is 0.968 bits per heavy atom. The molecule has 3 aromatic rings. The monoisotopic (exact) mass is 414 g/mol. The highest BCUT2D eigenvalue weighted by molar-refractivity contribution is 6.08. The van der Waals surface area contributed by atoms with E-state index in [4.69, 9.17) is 4.74 Å². The van der Waals surface area contributed by atoms with Gasteiger partial charge in [0.25, 0.3) is 5.91 Å². The zero-order chi connectivity index (χ0) is 22.1. The maximum Gasteiger partial charge on any atom is 0.252 e. The van der Waals surface area contributed by atoms with Gasteiger partial charge in [-0.25, -0.2) is 0 Å². The second-order valence-electron chi connectivity index (χ2n) is 6.90. The summed E-state index contributed by atoms with van der Waals surface area (Å²) < 4.78 is 5.82. The van der Waals surface area contributed by atoms with E-state index in [1.54, 1.807) is 30.3 Å². The number of hydrogen-bond acceptors (Lipinski definition) is 3. The van der Waals surface area contributed by atoms with Crippen LogP contribution in [0.1, 0.15) is 30.6 Å². The lowest BCUT2D eigenvalue weighted by atomic mass is 10.0. The molecule has 158 valence electrons. The zero-order valence-corrected chi connectivity index (χ0v) is 17.7. The minimum atomic E-state index is -0.303. The number of carbonyl (C=O) groups excluding carboxylic acids is 2. The molecule has 0 bridgehead atoms. The highest BCUT2D eigenvalue weighted by Crippen LogP contribution is 2.19. The van der Waals surface area contributed by atoms with Crippen molar-refractivity contribution in [2.24, 2.45) is 0 Å². The number of fused-ring (bicyclic) bond motifs is 1. The molecule has 0 unspecified atom stereocenters. The molecule has 0 aliphatic rings. The lowest BCUT2D eigenvalue weighted by molar-refractivity contribution is -0.115. The topological polar surface area (TPSA) is 67.4 Å². The van der Waals surface area contributed by atoms with Crippen LogP contribution in [0.15, 0.2) is 90.7 Å². The maximum absolute atomic E-state index is 12.6. The summed E-state index contributed by atoms with van der Waals surface area (Å²) >= 11 is 0. The molecule has 3 aromatic carbocycles. The fourth-order valence-electron chi connectivity index (χ4n) is 3.14. The largest absolute Gasteiger partial charge is 0.458 e. The van der Waals surface area contributed by atoms with E-state index >= 15 is 0 Å². The number of amides is 2. The van der Waals surface area contributed by atoms with E-state index in [2.05, 4.69) is 10.6 Å². The first-order chi connectivity index (χ1) is 15.1. The third kappa shape index (κ3) is 6.06. The van der Waals surface area contributed by atoms with Crippen LogP contribution in [-0.2, 0) is 4.79 Å². The normalized spacial score (nSPS) is 11.5. The summed E-state index contributed by atoms with van der Waals surface area (Å²) in [6.07, 6.45) is 6.69. The third-order valence-electron chi connectivity index (χ3n) is 4.55. The highest BCUT2D eigenvalue weighted by atomic mass is 16.5. The van der Waals surface area contributed by atoms with Gasteiger partial charge in [-0.15, -0.1) is 0 Å². The molecule has 0 saturated heterocycles. The second kappa shape index (κ2) is 10.8. The number of ether oxygens (including phenoxy) is 1. The van der Waals surface area contributed by atoms with Crippen molar-refractivity contribution in [3.63, 3.8) is 0 Å². The molecule has 5 heteroatoms. The second-order valence-corrected chi connectivity index (χ2v) is 6.90. The van der Waals surface area contributed by atoms with Gasteiger partial charge in [0.15, 0.2) is 0 Å². The predicted molar refractivity (Wildman–Crippen MR) is 125 cm³/mol. The summed E-state index contributed by atoms with van der Waals surface area (Å²) in [6.45, 7) is 3.86. The number of anilines is 1. The van der Waals surface area contributed by atoms with E-state index in [0.717, 1.165) is 23.0 Å². The molecule has 2 amide bonds. The lowest BCUT2D eigenvalue weighted by Gasteiger charge is -2.10. The molecule has 0 heterocycles. The minimum absolute atomic E-state index is 0.120. The van der Waals surface area contributed by atoms with Gasteiger partial charge in [0.1, 0.15) is 11.5 Å². The summed E-state index contributed by atoms with van der Waals surface area (Å²) in [7, 11) is 0. The van der Waals surface area contributed by atoms with Gasteiger partial charge in [-0.1, -0.05) is 49.4 Å². The van der Waals surface area contributed by atoms with Crippen molar-refractivity contribution < 1.29 is 14.3 Å². The van der Waals surface area contributed by atoms with Crippen LogP contribution < -0.4 is 15.4 Å². The molecule has 0 spiro atoms. The number of hydrogen-bond donors (Lipinski definition) is 2. The van der Waals surface area contributed by atoms with Crippen molar-refractivity contribution >= 4 is 28.3 Å². The number of nitrogens with one attached hydrogen (secondary N) is 2. The van der Waals surface area contributed by atoms with Gasteiger partial charge >= 0.3 is 0 Å². The number of allylic oxidation sites excluding steroid dienone is 3. The standard InChI is InChI=1S/C26H26N2O3/c1-3-8-21(9-4-2)31-22-16-14-20(15-17-22)28-25(29)18-27-26(30)24-13-7-11-19-10-5-6-12-23(19)24/h3,5-17H,4,18H2,1-2H3,(H,27,30)(H,28,29)/b8-3-,21-9+. The Hall–Kier alpha value is -3.86. The Balaban J connectivity index is 1.56. The summed E-state index contributed by atoms with van der Waals surface area (Å²) in [5.41, 5.74) is 1.17. The van der Waals surface area contributed by atoms with Crippen LogP contribution in [0, 0.1) is 0 Å². The smallest absolute Gasteiger partial charge is 0.252 e. The number of benzene rings is 3. The third-order valence-corrected chi connectivity index (χ3v) is 4.55. The molecule has 5 nitrogen and oxygen atoms in total. The van der Waals surface area contributed by atoms with Crippen molar-refractivity contribution in [2.45, 2.75) is 20.3 Å². The fourth-order valence-corrected chi connectivity index (χ4v) is 3.14. The van der Waals surface area contributed by atoms with E-state index in [9.17, 15) is 9.59 Å². The molecule has 2 N–H and O–H groups in total. The van der Waals surface area contributed by atoms with Gasteiger partial charge < -0.3 is 15.4 Å². The SMILES string of the molecule is C/C=C\C(=C/CC)Oc1ccc(NC(=O)CNC(=O)c2cccc3ccccc23)cc1. The van der Waals surface area contributed by atoms with Gasteiger partial charge in [0, 0.05) is 11.3 Å². The Morgan fingerprint density at radius 2 is 1.71 bits per heavy atom. The van der Waals surface area contributed by atoms with Crippen LogP contribution in [0.25, 0.3) is 10.8 Å². The molecule has 0 radical (unpaired) electrons. The van der Waals surface area contributed by atoms with Gasteiger partial charge in [-0.05, 0) is 66.6 Å². The van der Waals surface area contributed by atoms with Gasteiger partial charge in [-0.2, -0.15) is 0 Å². The van der Waals surface area contributed by atoms with Crippen LogP contribution >= 0.6 is 0 Å². The van der Waals surface area contributed by atoms with Crippen molar-refractivity contribution in [1.82, 2.24) is 5.32 Å². The van der Waals surface area contributed by atoms with Crippen LogP contribution in [0.3, 0.4) is 0 Å². The number of carbonyl (C=O) groups is 2. The Bertz CT molecular complexity index is 1110. The van der Waals surface area contributed by atoms with Crippen LogP contribution in [0.4, 0.5) is 5.69 Å². The van der Waals surface area contributed by atoms with Crippen molar-refractivity contribution in [2.75, 3.05) is 11.9 Å². The first-order valence-corrected chi connectivity index (χ1v) is 10.3. The van der Waals surface area contributed by atoms with Gasteiger partial charge in [-0.3, -0.25) is 9.59 Å². The van der Waals surface area contributed by atoms with E-state index in [1.807, 2.05) is 68.5 Å². The van der Waals surface area contributed by atoms with Crippen molar-refractivity contribution in [3.8, 4) is 5.75 Å². The van der Waals surface area contributed by atoms with Gasteiger partial charge in [0.05, 0.1) is 6.54 Å². The molecule has 0 saturated carbocycles. The zero-order valence-electron chi connectivity index (χ0n) is 17.7. The summed E-state index contributed by atoms with van der Waals surface area (Å²) in [5.74, 6) is 0.871. The van der Waals surface area contributed by atoms with E-state index < -0.39 is 0 Å². The molecule has 0 aromatic heterocycles.